The third-order valence-corrected chi connectivity index (χ3v) is 2.08. The molecule has 1 radical (unpaired) electrons. The highest BCUT2D eigenvalue weighted by Gasteiger charge is 1.97. The van der Waals surface area contributed by atoms with Gasteiger partial charge in [-0.15, -0.1) is 0 Å². The normalized spacial score (nSPS) is 10.1. The minimum absolute atomic E-state index is 0.215. The van der Waals surface area contributed by atoms with Crippen molar-refractivity contribution in [3.63, 3.8) is 0 Å². The number of rotatable bonds is 9. The minimum atomic E-state index is -0.215. The summed E-state index contributed by atoms with van der Waals surface area (Å²) in [6.45, 7) is 3.04. The third-order valence-electron chi connectivity index (χ3n) is 2.08. The maximum absolute atomic E-state index is 10.7. The fourth-order valence-corrected chi connectivity index (χ4v) is 1.21. The van der Waals surface area contributed by atoms with Crippen molar-refractivity contribution in [1.29, 1.82) is 0 Å². The summed E-state index contributed by atoms with van der Waals surface area (Å²) in [5.74, 6) is -0.215. The lowest BCUT2D eigenvalue weighted by atomic mass is 10.1. The zero-order valence-electron chi connectivity index (χ0n) is 9.13. The van der Waals surface area contributed by atoms with Crippen LogP contribution < -0.4 is 5.73 Å². The molecular formula is C11H22NO2. The topological polar surface area (TPSA) is 52.3 Å². The maximum atomic E-state index is 10.7. The van der Waals surface area contributed by atoms with Gasteiger partial charge in [0.25, 0.3) is 0 Å². The van der Waals surface area contributed by atoms with Crippen LogP contribution in [0.5, 0.6) is 0 Å². The van der Waals surface area contributed by atoms with Gasteiger partial charge in [-0.05, 0) is 19.4 Å². The highest BCUT2D eigenvalue weighted by atomic mass is 16.5. The highest BCUT2D eigenvalue weighted by molar-refractivity contribution is 5.78. The van der Waals surface area contributed by atoms with Crippen molar-refractivity contribution in [2.24, 2.45) is 5.73 Å². The van der Waals surface area contributed by atoms with Crippen LogP contribution in [0.4, 0.5) is 0 Å². The summed E-state index contributed by atoms with van der Waals surface area (Å²) >= 11 is 0. The van der Waals surface area contributed by atoms with Crippen molar-refractivity contribution >= 4 is 5.97 Å². The first kappa shape index (κ1) is 13.4. The van der Waals surface area contributed by atoms with E-state index in [1.54, 1.807) is 6.92 Å². The number of nitrogens with two attached hydrogens (primary N) is 1. The van der Waals surface area contributed by atoms with Crippen molar-refractivity contribution < 1.29 is 9.53 Å². The molecule has 0 unspecified atom stereocenters. The molecule has 0 atom stereocenters. The largest absolute Gasteiger partial charge is 0.465 e. The molecule has 3 nitrogen and oxygen atoms in total. The van der Waals surface area contributed by atoms with Crippen LogP contribution in [-0.4, -0.2) is 19.1 Å². The van der Waals surface area contributed by atoms with Crippen molar-refractivity contribution in [1.82, 2.24) is 0 Å². The summed E-state index contributed by atoms with van der Waals surface area (Å²) in [7, 11) is 0. The van der Waals surface area contributed by atoms with Crippen LogP contribution in [0, 0.1) is 6.42 Å². The van der Waals surface area contributed by atoms with Gasteiger partial charge in [-0.1, -0.05) is 32.6 Å². The molecule has 0 fully saturated rings. The molecule has 0 rings (SSSR count). The van der Waals surface area contributed by atoms with Gasteiger partial charge in [-0.2, -0.15) is 0 Å². The molecule has 0 saturated carbocycles. The Labute approximate surface area is 87.0 Å². The molecular weight excluding hydrogens is 178 g/mol. The minimum Gasteiger partial charge on any atom is -0.465 e. The molecule has 83 valence electrons. The molecule has 14 heavy (non-hydrogen) atoms. The zero-order chi connectivity index (χ0) is 10.6. The molecule has 0 aliphatic heterocycles. The van der Waals surface area contributed by atoms with Crippen LogP contribution in [0.2, 0.25) is 0 Å². The van der Waals surface area contributed by atoms with Crippen LogP contribution in [0.1, 0.15) is 45.4 Å². The average Bonchev–Trinajstić information content (AvgIpc) is 2.21. The predicted molar refractivity (Wildman–Crippen MR) is 57.7 cm³/mol. The first-order chi connectivity index (χ1) is 6.81. The van der Waals surface area contributed by atoms with Crippen LogP contribution in [-0.2, 0) is 9.53 Å². The van der Waals surface area contributed by atoms with E-state index in [0.717, 1.165) is 25.8 Å². The van der Waals surface area contributed by atoms with E-state index in [1.807, 2.05) is 0 Å². The van der Waals surface area contributed by atoms with Gasteiger partial charge in [-0.3, -0.25) is 4.79 Å². The Morgan fingerprint density at radius 1 is 1.14 bits per heavy atom. The second-order valence-corrected chi connectivity index (χ2v) is 3.37. The highest BCUT2D eigenvalue weighted by Crippen LogP contribution is 2.04. The molecule has 0 amide bonds. The van der Waals surface area contributed by atoms with E-state index in [1.165, 1.54) is 25.7 Å². The lowest BCUT2D eigenvalue weighted by molar-refractivity contribution is -0.139. The Kier molecular flexibility index (Phi) is 10.1. The third kappa shape index (κ3) is 9.52. The Balaban J connectivity index is 2.95. The predicted octanol–water partition coefficient (Wildman–Crippen LogP) is 2.05. The molecule has 0 saturated heterocycles. The van der Waals surface area contributed by atoms with Gasteiger partial charge in [0.05, 0.1) is 13.0 Å². The van der Waals surface area contributed by atoms with E-state index in [0.29, 0.717) is 6.61 Å². The zero-order valence-corrected chi connectivity index (χ0v) is 9.13. The van der Waals surface area contributed by atoms with Gasteiger partial charge in [0.15, 0.2) is 0 Å². The SMILES string of the molecule is C[CH]C(=O)OCCCCCCCCN. The number of hydrogen-bond acceptors (Lipinski definition) is 3. The van der Waals surface area contributed by atoms with E-state index >= 15 is 0 Å². The standard InChI is InChI=1S/C11H22NO2/c1-2-11(13)14-10-8-6-4-3-5-7-9-12/h2H,3-10,12H2,1H3. The van der Waals surface area contributed by atoms with E-state index in [-0.39, 0.29) is 5.97 Å². The molecule has 0 aromatic rings. The van der Waals surface area contributed by atoms with E-state index < -0.39 is 0 Å². The Hall–Kier alpha value is -0.570. The van der Waals surface area contributed by atoms with Crippen LogP contribution >= 0.6 is 0 Å². The summed E-state index contributed by atoms with van der Waals surface area (Å²) in [5, 5.41) is 0. The monoisotopic (exact) mass is 200 g/mol. The van der Waals surface area contributed by atoms with E-state index in [2.05, 4.69) is 0 Å². The van der Waals surface area contributed by atoms with Gasteiger partial charge in [0.1, 0.15) is 0 Å². The molecule has 0 aliphatic rings. The van der Waals surface area contributed by atoms with E-state index in [9.17, 15) is 4.79 Å². The van der Waals surface area contributed by atoms with Gasteiger partial charge in [-0.25, -0.2) is 0 Å². The average molecular weight is 200 g/mol. The first-order valence-corrected chi connectivity index (χ1v) is 5.47. The number of esters is 1. The number of hydrogen-bond donors (Lipinski definition) is 1. The molecule has 0 aromatic heterocycles. The fraction of sp³-hybridized carbons (Fsp3) is 0.818. The van der Waals surface area contributed by atoms with Crippen LogP contribution in [0.3, 0.4) is 0 Å². The lowest BCUT2D eigenvalue weighted by Gasteiger charge is -2.02. The van der Waals surface area contributed by atoms with Crippen LogP contribution in [0.15, 0.2) is 0 Å². The second-order valence-electron chi connectivity index (χ2n) is 3.37. The number of carbonyl (C=O) groups excluding carboxylic acids is 1. The first-order valence-electron chi connectivity index (χ1n) is 5.47. The van der Waals surface area contributed by atoms with E-state index in [4.69, 9.17) is 10.5 Å². The number of carbonyl (C=O) groups is 1. The summed E-state index contributed by atoms with van der Waals surface area (Å²) < 4.78 is 4.90. The van der Waals surface area contributed by atoms with Crippen molar-refractivity contribution in [2.45, 2.75) is 45.4 Å². The fourth-order valence-electron chi connectivity index (χ4n) is 1.21. The van der Waals surface area contributed by atoms with Gasteiger partial charge >= 0.3 is 5.97 Å². The molecule has 2 N–H and O–H groups in total. The lowest BCUT2D eigenvalue weighted by Crippen LogP contribution is -2.04. The number of ether oxygens (including phenoxy) is 1. The summed E-state index contributed by atoms with van der Waals surface area (Å²) in [4.78, 5) is 10.7. The number of unbranched alkanes of at least 4 members (excludes halogenated alkanes) is 5. The molecule has 0 aromatic carbocycles. The smallest absolute Gasteiger partial charge is 0.309 e. The molecule has 0 bridgehead atoms. The quantitative estimate of drug-likeness (QED) is 0.458. The Morgan fingerprint density at radius 2 is 1.71 bits per heavy atom. The van der Waals surface area contributed by atoms with Crippen molar-refractivity contribution in [3.8, 4) is 0 Å². The molecule has 3 heteroatoms. The van der Waals surface area contributed by atoms with Gasteiger partial charge < -0.3 is 10.5 Å². The Morgan fingerprint density at radius 3 is 2.29 bits per heavy atom. The van der Waals surface area contributed by atoms with Crippen LogP contribution in [0.25, 0.3) is 0 Å². The van der Waals surface area contributed by atoms with Crippen molar-refractivity contribution in [3.05, 3.63) is 6.42 Å². The summed E-state index contributed by atoms with van der Waals surface area (Å²) in [6.07, 6.45) is 8.36. The molecule has 0 aliphatic carbocycles. The second kappa shape index (κ2) is 10.5. The molecule has 0 heterocycles. The summed E-state index contributed by atoms with van der Waals surface area (Å²) in [6, 6.07) is 0. The van der Waals surface area contributed by atoms with Gasteiger partial charge in [0, 0.05) is 0 Å². The Bertz CT molecular complexity index is 137. The summed E-state index contributed by atoms with van der Waals surface area (Å²) in [5.41, 5.74) is 5.38. The van der Waals surface area contributed by atoms with Gasteiger partial charge in [0.2, 0.25) is 0 Å². The van der Waals surface area contributed by atoms with Crippen molar-refractivity contribution in [2.75, 3.05) is 13.2 Å². The molecule has 0 spiro atoms. The maximum Gasteiger partial charge on any atom is 0.309 e.